The molecule has 80 valence electrons. The molecule has 0 radical (unpaired) electrons. The number of aromatic nitrogens is 1. The van der Waals surface area contributed by atoms with Crippen molar-refractivity contribution in [1.82, 2.24) is 4.98 Å². The molecule has 0 bridgehead atoms. The summed E-state index contributed by atoms with van der Waals surface area (Å²) in [6.07, 6.45) is 2.83. The van der Waals surface area contributed by atoms with Crippen LogP contribution in [0.25, 0.3) is 0 Å². The first-order chi connectivity index (χ1) is 7.08. The molecule has 1 atom stereocenters. The van der Waals surface area contributed by atoms with Gasteiger partial charge < -0.3 is 11.1 Å². The zero-order chi connectivity index (χ0) is 10.9. The number of anilines is 1. The number of hydrogen-bond acceptors (Lipinski definition) is 2. The van der Waals surface area contributed by atoms with Crippen LogP contribution in [0.1, 0.15) is 20.3 Å². The van der Waals surface area contributed by atoms with Crippen molar-refractivity contribution in [2.45, 2.75) is 26.3 Å². The van der Waals surface area contributed by atoms with E-state index < -0.39 is 0 Å². The number of nitrogens with zero attached hydrogens (tertiary/aromatic N) is 2. The SMILES string of the molecule is CC1(C)CC1N=C(N)Nc1ccccn1. The summed E-state index contributed by atoms with van der Waals surface area (Å²) in [6.45, 7) is 4.38. The first-order valence-electron chi connectivity index (χ1n) is 5.09. The van der Waals surface area contributed by atoms with Gasteiger partial charge in [0, 0.05) is 6.20 Å². The van der Waals surface area contributed by atoms with E-state index >= 15 is 0 Å². The summed E-state index contributed by atoms with van der Waals surface area (Å²) in [5.74, 6) is 1.18. The van der Waals surface area contributed by atoms with Gasteiger partial charge in [-0.3, -0.25) is 0 Å². The van der Waals surface area contributed by atoms with Gasteiger partial charge in [0.05, 0.1) is 6.04 Å². The fourth-order valence-electron chi connectivity index (χ4n) is 1.43. The van der Waals surface area contributed by atoms with Crippen LogP contribution in [-0.2, 0) is 0 Å². The standard InChI is InChI=1S/C11H16N4/c1-11(2)7-8(11)14-10(12)15-9-5-3-4-6-13-9/h3-6,8H,7H2,1-2H3,(H3,12,13,14,15). The second-order valence-electron chi connectivity index (χ2n) is 4.56. The molecule has 4 nitrogen and oxygen atoms in total. The van der Waals surface area contributed by atoms with Crippen molar-refractivity contribution in [3.63, 3.8) is 0 Å². The van der Waals surface area contributed by atoms with Gasteiger partial charge in [0.25, 0.3) is 0 Å². The van der Waals surface area contributed by atoms with Crippen molar-refractivity contribution in [3.8, 4) is 0 Å². The van der Waals surface area contributed by atoms with Crippen LogP contribution in [0.2, 0.25) is 0 Å². The first kappa shape index (κ1) is 9.96. The molecule has 1 unspecified atom stereocenters. The highest BCUT2D eigenvalue weighted by molar-refractivity contribution is 5.91. The van der Waals surface area contributed by atoms with Crippen molar-refractivity contribution in [1.29, 1.82) is 0 Å². The summed E-state index contributed by atoms with van der Waals surface area (Å²) in [7, 11) is 0. The largest absolute Gasteiger partial charge is 0.370 e. The van der Waals surface area contributed by atoms with Gasteiger partial charge in [0.1, 0.15) is 5.82 Å². The molecule has 0 amide bonds. The summed E-state index contributed by atoms with van der Waals surface area (Å²) in [4.78, 5) is 8.49. The molecule has 3 N–H and O–H groups in total. The van der Waals surface area contributed by atoms with E-state index in [0.717, 1.165) is 12.2 Å². The van der Waals surface area contributed by atoms with E-state index in [-0.39, 0.29) is 0 Å². The average molecular weight is 204 g/mol. The lowest BCUT2D eigenvalue weighted by molar-refractivity contribution is 0.618. The number of guanidine groups is 1. The summed E-state index contributed by atoms with van der Waals surface area (Å²) in [5, 5.41) is 2.97. The van der Waals surface area contributed by atoms with Crippen LogP contribution in [0.5, 0.6) is 0 Å². The number of hydrogen-bond donors (Lipinski definition) is 2. The van der Waals surface area contributed by atoms with Gasteiger partial charge in [-0.1, -0.05) is 19.9 Å². The molecule has 0 spiro atoms. The number of aliphatic imine (C=N–C) groups is 1. The lowest BCUT2D eigenvalue weighted by Crippen LogP contribution is -2.24. The molecule has 1 saturated carbocycles. The Labute approximate surface area is 89.6 Å². The molecule has 15 heavy (non-hydrogen) atoms. The lowest BCUT2D eigenvalue weighted by Gasteiger charge is -2.04. The third-order valence-electron chi connectivity index (χ3n) is 2.68. The molecule has 0 saturated heterocycles. The summed E-state index contributed by atoms with van der Waals surface area (Å²) in [6, 6.07) is 5.99. The topological polar surface area (TPSA) is 63.3 Å². The maximum atomic E-state index is 5.77. The third-order valence-corrected chi connectivity index (χ3v) is 2.68. The van der Waals surface area contributed by atoms with Crippen LogP contribution >= 0.6 is 0 Å². The van der Waals surface area contributed by atoms with E-state index in [1.54, 1.807) is 6.20 Å². The van der Waals surface area contributed by atoms with E-state index in [2.05, 4.69) is 29.1 Å². The van der Waals surface area contributed by atoms with Crippen LogP contribution in [-0.4, -0.2) is 17.0 Å². The molecule has 1 aromatic rings. The maximum absolute atomic E-state index is 5.77. The minimum atomic E-state index is 0.316. The highest BCUT2D eigenvalue weighted by Gasteiger charge is 2.45. The molecular weight excluding hydrogens is 188 g/mol. The quantitative estimate of drug-likeness (QED) is 0.568. The van der Waals surface area contributed by atoms with Gasteiger partial charge in [-0.15, -0.1) is 0 Å². The maximum Gasteiger partial charge on any atom is 0.194 e. The Kier molecular flexibility index (Phi) is 2.34. The van der Waals surface area contributed by atoms with Gasteiger partial charge in [-0.25, -0.2) is 9.98 Å². The minimum Gasteiger partial charge on any atom is -0.370 e. The van der Waals surface area contributed by atoms with Crippen LogP contribution in [0.4, 0.5) is 5.82 Å². The van der Waals surface area contributed by atoms with Gasteiger partial charge in [0.15, 0.2) is 5.96 Å². The monoisotopic (exact) mass is 204 g/mol. The first-order valence-corrected chi connectivity index (χ1v) is 5.09. The molecule has 1 heterocycles. The molecule has 0 aliphatic heterocycles. The Hall–Kier alpha value is -1.58. The molecule has 1 aliphatic rings. The number of nitrogens with one attached hydrogen (secondary N) is 1. The fraction of sp³-hybridized carbons (Fsp3) is 0.455. The Bertz CT molecular complexity index is 369. The summed E-state index contributed by atoms with van der Waals surface area (Å²) >= 11 is 0. The average Bonchev–Trinajstić information content (AvgIpc) is 2.74. The molecule has 2 rings (SSSR count). The number of pyridine rings is 1. The molecule has 1 fully saturated rings. The fourth-order valence-corrected chi connectivity index (χ4v) is 1.43. The summed E-state index contributed by atoms with van der Waals surface area (Å²) < 4.78 is 0. The van der Waals surface area contributed by atoms with Gasteiger partial charge in [0.2, 0.25) is 0 Å². The van der Waals surface area contributed by atoms with Crippen molar-refractivity contribution in [2.75, 3.05) is 5.32 Å². The zero-order valence-corrected chi connectivity index (χ0v) is 9.07. The van der Waals surface area contributed by atoms with Crippen molar-refractivity contribution in [2.24, 2.45) is 16.1 Å². The highest BCUT2D eigenvalue weighted by atomic mass is 15.2. The number of nitrogens with two attached hydrogens (primary N) is 1. The van der Waals surface area contributed by atoms with E-state index in [1.807, 2.05) is 18.2 Å². The van der Waals surface area contributed by atoms with E-state index in [9.17, 15) is 0 Å². The molecule has 4 heteroatoms. The van der Waals surface area contributed by atoms with Crippen molar-refractivity contribution < 1.29 is 0 Å². The Morgan fingerprint density at radius 1 is 1.60 bits per heavy atom. The van der Waals surface area contributed by atoms with Crippen LogP contribution in [0, 0.1) is 5.41 Å². The third kappa shape index (κ3) is 2.46. The van der Waals surface area contributed by atoms with Gasteiger partial charge in [-0.05, 0) is 24.0 Å². The lowest BCUT2D eigenvalue weighted by atomic mass is 10.2. The zero-order valence-electron chi connectivity index (χ0n) is 9.07. The van der Waals surface area contributed by atoms with E-state index in [4.69, 9.17) is 5.73 Å². The second-order valence-corrected chi connectivity index (χ2v) is 4.56. The molecular formula is C11H16N4. The Morgan fingerprint density at radius 2 is 2.33 bits per heavy atom. The van der Waals surface area contributed by atoms with E-state index in [1.165, 1.54) is 0 Å². The van der Waals surface area contributed by atoms with Crippen LogP contribution in [0.3, 0.4) is 0 Å². The molecule has 1 aliphatic carbocycles. The predicted octanol–water partition coefficient (Wildman–Crippen LogP) is 1.61. The van der Waals surface area contributed by atoms with Crippen LogP contribution in [0.15, 0.2) is 29.4 Å². The van der Waals surface area contributed by atoms with Gasteiger partial charge in [-0.2, -0.15) is 0 Å². The molecule has 0 aromatic carbocycles. The van der Waals surface area contributed by atoms with Crippen molar-refractivity contribution >= 4 is 11.8 Å². The highest BCUT2D eigenvalue weighted by Crippen LogP contribution is 2.47. The summed E-state index contributed by atoms with van der Waals surface area (Å²) in [5.41, 5.74) is 6.08. The normalized spacial score (nSPS) is 23.6. The second kappa shape index (κ2) is 3.53. The number of rotatable bonds is 2. The van der Waals surface area contributed by atoms with Crippen molar-refractivity contribution in [3.05, 3.63) is 24.4 Å². The predicted molar refractivity (Wildman–Crippen MR) is 61.7 cm³/mol. The van der Waals surface area contributed by atoms with Gasteiger partial charge >= 0.3 is 0 Å². The molecule has 1 aromatic heterocycles. The van der Waals surface area contributed by atoms with E-state index in [0.29, 0.717) is 17.4 Å². The smallest absolute Gasteiger partial charge is 0.194 e. The minimum absolute atomic E-state index is 0.316. The Balaban J connectivity index is 1.96. The van der Waals surface area contributed by atoms with Crippen LogP contribution < -0.4 is 11.1 Å². The Morgan fingerprint density at radius 3 is 2.87 bits per heavy atom.